The Labute approximate surface area is 178 Å². The van der Waals surface area contributed by atoms with E-state index >= 15 is 0 Å². The number of nitrogens with zero attached hydrogens (tertiary/aromatic N) is 2. The standard InChI is InChI=1S/C26H26N2O2/c1-3-21-14-26(23-6-4-5-7-25(23)28-21)30-17-18-8-10-19(11-9-18)24-15-22(29-2)13-12-20(24)16-27/h8-15H,3-7,17H2,1-2H3. The molecule has 0 atom stereocenters. The number of benzene rings is 2. The number of hydrogen-bond acceptors (Lipinski definition) is 4. The Morgan fingerprint density at radius 3 is 2.57 bits per heavy atom. The van der Waals surface area contributed by atoms with Crippen molar-refractivity contribution in [2.45, 2.75) is 45.6 Å². The van der Waals surface area contributed by atoms with Crippen molar-refractivity contribution in [3.63, 3.8) is 0 Å². The van der Waals surface area contributed by atoms with E-state index in [1.54, 1.807) is 13.2 Å². The zero-order valence-corrected chi connectivity index (χ0v) is 17.6. The number of methoxy groups -OCH3 is 1. The zero-order chi connectivity index (χ0) is 20.9. The van der Waals surface area contributed by atoms with Gasteiger partial charge in [0.1, 0.15) is 18.1 Å². The van der Waals surface area contributed by atoms with Gasteiger partial charge in [0, 0.05) is 28.6 Å². The van der Waals surface area contributed by atoms with Crippen molar-refractivity contribution in [3.8, 4) is 28.7 Å². The van der Waals surface area contributed by atoms with Crippen molar-refractivity contribution in [1.29, 1.82) is 5.26 Å². The fourth-order valence-electron chi connectivity index (χ4n) is 3.96. The molecule has 1 aliphatic rings. The molecule has 0 saturated heterocycles. The summed E-state index contributed by atoms with van der Waals surface area (Å²) in [4.78, 5) is 4.81. The van der Waals surface area contributed by atoms with Crippen molar-refractivity contribution in [2.75, 3.05) is 7.11 Å². The second-order valence-electron chi connectivity index (χ2n) is 7.61. The topological polar surface area (TPSA) is 55.1 Å². The molecule has 3 aromatic rings. The van der Waals surface area contributed by atoms with E-state index in [0.29, 0.717) is 12.2 Å². The number of hydrogen-bond donors (Lipinski definition) is 0. The predicted octanol–water partition coefficient (Wildman–Crippen LogP) is 5.65. The first-order valence-electron chi connectivity index (χ1n) is 10.5. The Morgan fingerprint density at radius 2 is 1.83 bits per heavy atom. The minimum absolute atomic E-state index is 0.517. The molecule has 0 fully saturated rings. The maximum Gasteiger partial charge on any atom is 0.126 e. The van der Waals surface area contributed by atoms with Crippen LogP contribution in [0.4, 0.5) is 0 Å². The highest BCUT2D eigenvalue weighted by atomic mass is 16.5. The number of nitriles is 1. The van der Waals surface area contributed by atoms with Crippen molar-refractivity contribution >= 4 is 0 Å². The van der Waals surface area contributed by atoms with Gasteiger partial charge in [-0.15, -0.1) is 0 Å². The third kappa shape index (κ3) is 4.16. The summed E-state index contributed by atoms with van der Waals surface area (Å²) in [6, 6.07) is 18.1. The lowest BCUT2D eigenvalue weighted by atomic mass is 9.94. The van der Waals surface area contributed by atoms with Crippen molar-refractivity contribution < 1.29 is 9.47 Å². The van der Waals surface area contributed by atoms with Crippen LogP contribution in [0, 0.1) is 11.3 Å². The summed E-state index contributed by atoms with van der Waals surface area (Å²) in [6.45, 7) is 2.65. The van der Waals surface area contributed by atoms with Gasteiger partial charge in [0.2, 0.25) is 0 Å². The first-order valence-corrected chi connectivity index (χ1v) is 10.5. The fraction of sp³-hybridized carbons (Fsp3) is 0.308. The molecule has 1 heterocycles. The Morgan fingerprint density at radius 1 is 1.03 bits per heavy atom. The fourth-order valence-corrected chi connectivity index (χ4v) is 3.96. The van der Waals surface area contributed by atoms with Crippen LogP contribution in [0.15, 0.2) is 48.5 Å². The van der Waals surface area contributed by atoms with E-state index < -0.39 is 0 Å². The molecule has 0 bridgehead atoms. The predicted molar refractivity (Wildman–Crippen MR) is 118 cm³/mol. The average Bonchev–Trinajstić information content (AvgIpc) is 2.82. The van der Waals surface area contributed by atoms with Gasteiger partial charge in [0.05, 0.1) is 18.7 Å². The summed E-state index contributed by atoms with van der Waals surface area (Å²) in [5, 5.41) is 9.43. The van der Waals surface area contributed by atoms with E-state index in [9.17, 15) is 5.26 Å². The SMILES string of the molecule is CCc1cc(OCc2ccc(-c3cc(OC)ccc3C#N)cc2)c2c(n1)CCCC2. The van der Waals surface area contributed by atoms with Crippen LogP contribution in [0.3, 0.4) is 0 Å². The highest BCUT2D eigenvalue weighted by Crippen LogP contribution is 2.31. The molecule has 4 heteroatoms. The summed E-state index contributed by atoms with van der Waals surface area (Å²) in [5.41, 5.74) is 7.19. The van der Waals surface area contributed by atoms with Crippen LogP contribution in [0.5, 0.6) is 11.5 Å². The van der Waals surface area contributed by atoms with Crippen molar-refractivity contribution in [3.05, 3.63) is 76.6 Å². The molecule has 4 nitrogen and oxygen atoms in total. The summed E-state index contributed by atoms with van der Waals surface area (Å²) in [6.07, 6.45) is 5.43. The van der Waals surface area contributed by atoms with Gasteiger partial charge in [-0.3, -0.25) is 4.98 Å². The minimum atomic E-state index is 0.517. The zero-order valence-electron chi connectivity index (χ0n) is 17.6. The van der Waals surface area contributed by atoms with E-state index in [1.807, 2.05) is 24.3 Å². The normalized spacial score (nSPS) is 12.7. The van der Waals surface area contributed by atoms with E-state index in [-0.39, 0.29) is 0 Å². The largest absolute Gasteiger partial charge is 0.497 e. The van der Waals surface area contributed by atoms with Gasteiger partial charge in [-0.05, 0) is 61.4 Å². The van der Waals surface area contributed by atoms with E-state index in [4.69, 9.17) is 14.5 Å². The molecule has 0 N–H and O–H groups in total. The van der Waals surface area contributed by atoms with Gasteiger partial charge in [-0.25, -0.2) is 0 Å². The highest BCUT2D eigenvalue weighted by molar-refractivity contribution is 5.72. The molecule has 4 rings (SSSR count). The third-order valence-electron chi connectivity index (χ3n) is 5.68. The van der Waals surface area contributed by atoms with E-state index in [1.165, 1.54) is 24.1 Å². The number of aryl methyl sites for hydroxylation is 2. The lowest BCUT2D eigenvalue weighted by molar-refractivity contribution is 0.300. The van der Waals surface area contributed by atoms with Crippen LogP contribution in [0.1, 0.15) is 47.8 Å². The van der Waals surface area contributed by atoms with Gasteiger partial charge < -0.3 is 9.47 Å². The molecule has 2 aromatic carbocycles. The Kier molecular flexibility index (Phi) is 5.99. The van der Waals surface area contributed by atoms with Gasteiger partial charge in [-0.1, -0.05) is 31.2 Å². The molecule has 0 aliphatic heterocycles. The summed E-state index contributed by atoms with van der Waals surface area (Å²) in [5.74, 6) is 1.73. The lowest BCUT2D eigenvalue weighted by Gasteiger charge is -2.20. The quantitative estimate of drug-likeness (QED) is 0.538. The van der Waals surface area contributed by atoms with Gasteiger partial charge in [-0.2, -0.15) is 5.26 Å². The summed E-state index contributed by atoms with van der Waals surface area (Å²) in [7, 11) is 1.63. The van der Waals surface area contributed by atoms with Gasteiger partial charge in [0.15, 0.2) is 0 Å². The first-order chi connectivity index (χ1) is 14.7. The molecule has 0 radical (unpaired) electrons. The molecule has 0 saturated carbocycles. The number of rotatable bonds is 6. The molecule has 0 spiro atoms. The Balaban J connectivity index is 1.54. The Hall–Kier alpha value is -3.32. The van der Waals surface area contributed by atoms with Crippen LogP contribution in [0.25, 0.3) is 11.1 Å². The van der Waals surface area contributed by atoms with Crippen LogP contribution in [0.2, 0.25) is 0 Å². The Bertz CT molecular complexity index is 1080. The second-order valence-corrected chi connectivity index (χ2v) is 7.61. The molecular formula is C26H26N2O2. The number of fused-ring (bicyclic) bond motifs is 1. The molecule has 30 heavy (non-hydrogen) atoms. The van der Waals surface area contributed by atoms with E-state index in [0.717, 1.165) is 53.1 Å². The molecular weight excluding hydrogens is 372 g/mol. The second kappa shape index (κ2) is 9.00. The van der Waals surface area contributed by atoms with Crippen LogP contribution >= 0.6 is 0 Å². The maximum absolute atomic E-state index is 9.43. The number of aromatic nitrogens is 1. The first kappa shape index (κ1) is 20.0. The van der Waals surface area contributed by atoms with E-state index in [2.05, 4.69) is 31.2 Å². The molecule has 0 unspecified atom stereocenters. The highest BCUT2D eigenvalue weighted by Gasteiger charge is 2.17. The maximum atomic E-state index is 9.43. The van der Waals surface area contributed by atoms with Gasteiger partial charge >= 0.3 is 0 Å². The van der Waals surface area contributed by atoms with Crippen molar-refractivity contribution in [2.24, 2.45) is 0 Å². The molecule has 1 aliphatic carbocycles. The van der Waals surface area contributed by atoms with Crippen molar-refractivity contribution in [1.82, 2.24) is 4.98 Å². The lowest BCUT2D eigenvalue weighted by Crippen LogP contribution is -2.10. The van der Waals surface area contributed by atoms with Crippen LogP contribution in [-0.4, -0.2) is 12.1 Å². The summed E-state index contributed by atoms with van der Waals surface area (Å²) < 4.78 is 11.6. The molecule has 0 amide bonds. The minimum Gasteiger partial charge on any atom is -0.497 e. The average molecular weight is 399 g/mol. The summed E-state index contributed by atoms with van der Waals surface area (Å²) >= 11 is 0. The monoisotopic (exact) mass is 398 g/mol. The molecule has 1 aromatic heterocycles. The van der Waals surface area contributed by atoms with Gasteiger partial charge in [0.25, 0.3) is 0 Å². The van der Waals surface area contributed by atoms with Crippen LogP contribution in [-0.2, 0) is 25.9 Å². The number of pyridine rings is 1. The number of ether oxygens (including phenoxy) is 2. The molecule has 152 valence electrons. The van der Waals surface area contributed by atoms with Crippen LogP contribution < -0.4 is 9.47 Å². The third-order valence-corrected chi connectivity index (χ3v) is 5.68. The smallest absolute Gasteiger partial charge is 0.126 e.